The van der Waals surface area contributed by atoms with Gasteiger partial charge in [-0.3, -0.25) is 0 Å². The van der Waals surface area contributed by atoms with Crippen LogP contribution in [0.3, 0.4) is 0 Å². The SMILES string of the molecule is BrCC/C=C/C1=CCCCCC1. The lowest BCUT2D eigenvalue weighted by molar-refractivity contribution is 0.713. The average molecular weight is 229 g/mol. The predicted octanol–water partition coefficient (Wildman–Crippen LogP) is 4.22. The van der Waals surface area contributed by atoms with Crippen LogP contribution in [0.2, 0.25) is 0 Å². The quantitative estimate of drug-likeness (QED) is 0.635. The zero-order chi connectivity index (χ0) is 8.65. The fraction of sp³-hybridized carbons (Fsp3) is 0.636. The number of hydrogen-bond donors (Lipinski definition) is 0. The first-order valence-corrected chi connectivity index (χ1v) is 5.97. The van der Waals surface area contributed by atoms with Crippen molar-refractivity contribution < 1.29 is 0 Å². The van der Waals surface area contributed by atoms with Crippen molar-refractivity contribution in [2.75, 3.05) is 5.33 Å². The van der Waals surface area contributed by atoms with E-state index in [2.05, 4.69) is 34.2 Å². The molecule has 0 atom stereocenters. The van der Waals surface area contributed by atoms with Gasteiger partial charge >= 0.3 is 0 Å². The molecule has 0 aromatic carbocycles. The van der Waals surface area contributed by atoms with Crippen LogP contribution in [0.5, 0.6) is 0 Å². The van der Waals surface area contributed by atoms with Gasteiger partial charge in [0.2, 0.25) is 0 Å². The highest BCUT2D eigenvalue weighted by molar-refractivity contribution is 9.09. The standard InChI is InChI=1S/C11H17Br/c12-10-6-5-9-11-7-3-1-2-4-8-11/h5,7,9H,1-4,6,8,10H2/b9-5+. The summed E-state index contributed by atoms with van der Waals surface area (Å²) >= 11 is 3.42. The fourth-order valence-electron chi connectivity index (χ4n) is 1.49. The minimum absolute atomic E-state index is 1.08. The molecule has 0 aromatic heterocycles. The minimum atomic E-state index is 1.08. The highest BCUT2D eigenvalue weighted by Crippen LogP contribution is 2.17. The van der Waals surface area contributed by atoms with Gasteiger partial charge in [-0.25, -0.2) is 0 Å². The van der Waals surface area contributed by atoms with Gasteiger partial charge in [0.25, 0.3) is 0 Å². The maximum Gasteiger partial charge on any atom is 0.00660 e. The van der Waals surface area contributed by atoms with E-state index >= 15 is 0 Å². The van der Waals surface area contributed by atoms with Crippen LogP contribution in [0.25, 0.3) is 0 Å². The first-order chi connectivity index (χ1) is 5.93. The molecule has 68 valence electrons. The van der Waals surface area contributed by atoms with Crippen LogP contribution >= 0.6 is 15.9 Å². The Balaban J connectivity index is 2.33. The molecule has 0 radical (unpaired) electrons. The Morgan fingerprint density at radius 3 is 3.08 bits per heavy atom. The summed E-state index contributed by atoms with van der Waals surface area (Å²) in [5.74, 6) is 0. The molecule has 0 N–H and O–H groups in total. The van der Waals surface area contributed by atoms with E-state index < -0.39 is 0 Å². The molecule has 0 fully saturated rings. The van der Waals surface area contributed by atoms with Crippen LogP contribution in [0.15, 0.2) is 23.8 Å². The summed E-state index contributed by atoms with van der Waals surface area (Å²) in [6.45, 7) is 0. The normalized spacial score (nSPS) is 19.2. The largest absolute Gasteiger partial charge is 0.0925 e. The van der Waals surface area contributed by atoms with Gasteiger partial charge in [0.1, 0.15) is 0 Å². The molecule has 0 nitrogen and oxygen atoms in total. The lowest BCUT2D eigenvalue weighted by Crippen LogP contribution is -1.76. The van der Waals surface area contributed by atoms with E-state index in [9.17, 15) is 0 Å². The third-order valence-corrected chi connectivity index (χ3v) is 2.64. The van der Waals surface area contributed by atoms with Crippen LogP contribution < -0.4 is 0 Å². The summed E-state index contributed by atoms with van der Waals surface area (Å²) < 4.78 is 0. The van der Waals surface area contributed by atoms with E-state index in [0.717, 1.165) is 11.8 Å². The molecule has 0 aliphatic heterocycles. The smallest absolute Gasteiger partial charge is 0.00660 e. The second-order valence-electron chi connectivity index (χ2n) is 3.26. The molecule has 1 heteroatoms. The van der Waals surface area contributed by atoms with Crippen molar-refractivity contribution in [2.45, 2.75) is 38.5 Å². The van der Waals surface area contributed by atoms with Gasteiger partial charge in [-0.2, -0.15) is 0 Å². The Hall–Kier alpha value is -0.0400. The summed E-state index contributed by atoms with van der Waals surface area (Å²) in [5.41, 5.74) is 1.55. The summed E-state index contributed by atoms with van der Waals surface area (Å²) in [6, 6.07) is 0. The molecule has 0 heterocycles. The first-order valence-electron chi connectivity index (χ1n) is 4.85. The maximum absolute atomic E-state index is 3.42. The van der Waals surface area contributed by atoms with Crippen LogP contribution in [0.4, 0.5) is 0 Å². The van der Waals surface area contributed by atoms with Crippen molar-refractivity contribution in [2.24, 2.45) is 0 Å². The molecule has 12 heavy (non-hydrogen) atoms. The van der Waals surface area contributed by atoms with Crippen LogP contribution in [0.1, 0.15) is 38.5 Å². The van der Waals surface area contributed by atoms with E-state index in [1.54, 1.807) is 5.57 Å². The van der Waals surface area contributed by atoms with Gasteiger partial charge in [-0.05, 0) is 32.1 Å². The lowest BCUT2D eigenvalue weighted by Gasteiger charge is -1.96. The highest BCUT2D eigenvalue weighted by atomic mass is 79.9. The van der Waals surface area contributed by atoms with E-state index in [-0.39, 0.29) is 0 Å². The number of allylic oxidation sites excluding steroid dienone is 4. The summed E-state index contributed by atoms with van der Waals surface area (Å²) in [4.78, 5) is 0. The molecule has 0 saturated heterocycles. The zero-order valence-electron chi connectivity index (χ0n) is 7.56. The lowest BCUT2D eigenvalue weighted by atomic mass is 10.1. The number of rotatable bonds is 3. The Labute approximate surface area is 83.9 Å². The maximum atomic E-state index is 3.42. The molecule has 1 aliphatic rings. The number of hydrogen-bond acceptors (Lipinski definition) is 0. The third-order valence-electron chi connectivity index (χ3n) is 2.18. The van der Waals surface area contributed by atoms with Crippen molar-refractivity contribution in [1.82, 2.24) is 0 Å². The molecule has 0 spiro atoms. The second kappa shape index (κ2) is 6.47. The van der Waals surface area contributed by atoms with Gasteiger partial charge in [0.05, 0.1) is 0 Å². The monoisotopic (exact) mass is 228 g/mol. The fourth-order valence-corrected chi connectivity index (χ4v) is 1.75. The topological polar surface area (TPSA) is 0 Å². The van der Waals surface area contributed by atoms with Crippen molar-refractivity contribution in [3.8, 4) is 0 Å². The van der Waals surface area contributed by atoms with Crippen molar-refractivity contribution in [3.05, 3.63) is 23.8 Å². The molecule has 1 aliphatic carbocycles. The first kappa shape index (κ1) is 10.0. The zero-order valence-corrected chi connectivity index (χ0v) is 9.15. The molecule has 0 bridgehead atoms. The van der Waals surface area contributed by atoms with Crippen LogP contribution in [0, 0.1) is 0 Å². The Morgan fingerprint density at radius 1 is 1.33 bits per heavy atom. The van der Waals surface area contributed by atoms with Crippen molar-refractivity contribution in [3.63, 3.8) is 0 Å². The van der Waals surface area contributed by atoms with Crippen molar-refractivity contribution >= 4 is 15.9 Å². The second-order valence-corrected chi connectivity index (χ2v) is 4.05. The van der Waals surface area contributed by atoms with E-state index in [4.69, 9.17) is 0 Å². The molecular weight excluding hydrogens is 212 g/mol. The van der Waals surface area contributed by atoms with Gasteiger partial charge in [0, 0.05) is 5.33 Å². The van der Waals surface area contributed by atoms with E-state index in [0.29, 0.717) is 0 Å². The molecular formula is C11H17Br. The average Bonchev–Trinajstić information content (AvgIpc) is 2.33. The Bertz CT molecular complexity index is 168. The predicted molar refractivity (Wildman–Crippen MR) is 58.7 cm³/mol. The summed E-state index contributed by atoms with van der Waals surface area (Å²) in [5, 5.41) is 1.08. The molecule has 1 rings (SSSR count). The van der Waals surface area contributed by atoms with Crippen molar-refractivity contribution in [1.29, 1.82) is 0 Å². The Morgan fingerprint density at radius 2 is 2.25 bits per heavy atom. The Kier molecular flexibility index (Phi) is 5.42. The summed E-state index contributed by atoms with van der Waals surface area (Å²) in [6.07, 6.45) is 14.9. The van der Waals surface area contributed by atoms with Gasteiger partial charge in [-0.1, -0.05) is 46.2 Å². The highest BCUT2D eigenvalue weighted by Gasteiger charge is 1.98. The summed E-state index contributed by atoms with van der Waals surface area (Å²) in [7, 11) is 0. The van der Waals surface area contributed by atoms with Crippen LogP contribution in [-0.2, 0) is 0 Å². The van der Waals surface area contributed by atoms with E-state index in [1.807, 2.05) is 0 Å². The minimum Gasteiger partial charge on any atom is -0.0925 e. The molecule has 0 unspecified atom stereocenters. The third kappa shape index (κ3) is 4.10. The number of halogens is 1. The molecule has 0 amide bonds. The molecule has 0 aromatic rings. The van der Waals surface area contributed by atoms with Crippen LogP contribution in [-0.4, -0.2) is 5.33 Å². The van der Waals surface area contributed by atoms with Gasteiger partial charge < -0.3 is 0 Å². The van der Waals surface area contributed by atoms with Gasteiger partial charge in [-0.15, -0.1) is 0 Å². The van der Waals surface area contributed by atoms with E-state index in [1.165, 1.54) is 32.1 Å². The molecule has 0 saturated carbocycles. The van der Waals surface area contributed by atoms with Gasteiger partial charge in [0.15, 0.2) is 0 Å². The number of alkyl halides is 1.